The number of benzene rings is 1. The lowest BCUT2D eigenvalue weighted by molar-refractivity contribution is 0.445. The van der Waals surface area contributed by atoms with Crippen LogP contribution in [0.1, 0.15) is 19.3 Å². The first-order valence-corrected chi connectivity index (χ1v) is 9.14. The Hall–Kier alpha value is -3.29. The van der Waals surface area contributed by atoms with Crippen molar-refractivity contribution in [3.8, 4) is 0 Å². The lowest BCUT2D eigenvalue weighted by atomic mass is 9.93. The monoisotopic (exact) mass is 363 g/mol. The lowest BCUT2D eigenvalue weighted by Gasteiger charge is -2.27. The molecule has 8 nitrogen and oxygen atoms in total. The summed E-state index contributed by atoms with van der Waals surface area (Å²) in [6.07, 6.45) is 5.50. The van der Waals surface area contributed by atoms with E-state index in [0.29, 0.717) is 12.0 Å². The molecule has 3 aromatic heterocycles. The second kappa shape index (κ2) is 5.87. The summed E-state index contributed by atoms with van der Waals surface area (Å²) in [6, 6.07) is 8.29. The number of aromatic amines is 1. The van der Waals surface area contributed by atoms with Crippen LogP contribution in [0.5, 0.6) is 0 Å². The van der Waals surface area contributed by atoms with Gasteiger partial charge >= 0.3 is 5.69 Å². The Morgan fingerprint density at radius 3 is 2.70 bits per heavy atom. The number of rotatable bonds is 4. The standard InChI is InChI=1S/C19H21N7O/c1-25-14-7-6-12(10-15(14)26(2)19(25)27)22-18-23-16-13(8-9-20-16)17(24-18)21-11-4-3-5-11/h6-11H,3-5H2,1-2H3,(H3,20,21,22,23,24). The molecule has 1 aliphatic rings. The van der Waals surface area contributed by atoms with Gasteiger partial charge in [0.05, 0.1) is 16.4 Å². The van der Waals surface area contributed by atoms with Gasteiger partial charge in [-0.15, -0.1) is 0 Å². The maximum absolute atomic E-state index is 12.1. The van der Waals surface area contributed by atoms with Gasteiger partial charge in [-0.25, -0.2) is 4.79 Å². The second-order valence-corrected chi connectivity index (χ2v) is 7.14. The number of anilines is 3. The van der Waals surface area contributed by atoms with Crippen LogP contribution in [-0.2, 0) is 14.1 Å². The first-order valence-electron chi connectivity index (χ1n) is 9.14. The lowest BCUT2D eigenvalue weighted by Crippen LogP contribution is -2.27. The van der Waals surface area contributed by atoms with Crippen LogP contribution < -0.4 is 16.3 Å². The molecular formula is C19H21N7O. The van der Waals surface area contributed by atoms with Crippen LogP contribution in [0, 0.1) is 0 Å². The molecule has 3 N–H and O–H groups in total. The summed E-state index contributed by atoms with van der Waals surface area (Å²) in [4.78, 5) is 24.6. The topological polar surface area (TPSA) is 92.6 Å². The van der Waals surface area contributed by atoms with E-state index in [2.05, 4.69) is 25.6 Å². The van der Waals surface area contributed by atoms with Crippen molar-refractivity contribution in [1.82, 2.24) is 24.1 Å². The van der Waals surface area contributed by atoms with Crippen LogP contribution in [0.15, 0.2) is 35.3 Å². The van der Waals surface area contributed by atoms with Crippen molar-refractivity contribution in [3.05, 3.63) is 40.9 Å². The molecule has 0 amide bonds. The Morgan fingerprint density at radius 2 is 1.93 bits per heavy atom. The molecule has 0 unspecified atom stereocenters. The predicted octanol–water partition coefficient (Wildman–Crippen LogP) is 2.86. The number of aryl methyl sites for hydroxylation is 2. The van der Waals surface area contributed by atoms with Crippen LogP contribution in [-0.4, -0.2) is 30.1 Å². The molecular weight excluding hydrogens is 342 g/mol. The number of imidazole rings is 1. The number of nitrogens with zero attached hydrogens (tertiary/aromatic N) is 4. The number of H-pyrrole nitrogens is 1. The van der Waals surface area contributed by atoms with Gasteiger partial charge < -0.3 is 15.6 Å². The number of aromatic nitrogens is 5. The van der Waals surface area contributed by atoms with Crippen molar-refractivity contribution in [2.24, 2.45) is 14.1 Å². The highest BCUT2D eigenvalue weighted by Crippen LogP contribution is 2.28. The van der Waals surface area contributed by atoms with Crippen molar-refractivity contribution in [1.29, 1.82) is 0 Å². The first kappa shape index (κ1) is 15.9. The van der Waals surface area contributed by atoms with Gasteiger partial charge in [-0.05, 0) is 43.5 Å². The molecule has 4 aromatic rings. The summed E-state index contributed by atoms with van der Waals surface area (Å²) >= 11 is 0. The zero-order valence-electron chi connectivity index (χ0n) is 15.3. The van der Waals surface area contributed by atoms with Gasteiger partial charge in [0, 0.05) is 32.0 Å². The number of nitrogens with one attached hydrogen (secondary N) is 3. The van der Waals surface area contributed by atoms with Gasteiger partial charge in [0.1, 0.15) is 11.5 Å². The van der Waals surface area contributed by atoms with E-state index in [4.69, 9.17) is 0 Å². The molecule has 0 atom stereocenters. The molecule has 3 heterocycles. The first-order chi connectivity index (χ1) is 13.1. The summed E-state index contributed by atoms with van der Waals surface area (Å²) in [5.74, 6) is 1.37. The predicted molar refractivity (Wildman–Crippen MR) is 107 cm³/mol. The smallest absolute Gasteiger partial charge is 0.328 e. The van der Waals surface area contributed by atoms with Crippen molar-refractivity contribution in [2.75, 3.05) is 10.6 Å². The quantitative estimate of drug-likeness (QED) is 0.518. The van der Waals surface area contributed by atoms with Gasteiger partial charge in [0.15, 0.2) is 0 Å². The third-order valence-corrected chi connectivity index (χ3v) is 5.39. The molecule has 8 heteroatoms. The maximum Gasteiger partial charge on any atom is 0.328 e. The Labute approximate surface area is 155 Å². The Kier molecular flexibility index (Phi) is 3.46. The zero-order valence-corrected chi connectivity index (χ0v) is 15.3. The molecule has 27 heavy (non-hydrogen) atoms. The van der Waals surface area contributed by atoms with E-state index in [9.17, 15) is 4.79 Å². The van der Waals surface area contributed by atoms with E-state index in [-0.39, 0.29) is 5.69 Å². The summed E-state index contributed by atoms with van der Waals surface area (Å²) in [5, 5.41) is 7.79. The summed E-state index contributed by atoms with van der Waals surface area (Å²) in [5.41, 5.74) is 3.34. The van der Waals surface area contributed by atoms with Crippen molar-refractivity contribution < 1.29 is 0 Å². The van der Waals surface area contributed by atoms with Crippen LogP contribution in [0.25, 0.3) is 22.1 Å². The fourth-order valence-electron chi connectivity index (χ4n) is 3.57. The molecule has 0 spiro atoms. The van der Waals surface area contributed by atoms with Crippen LogP contribution in [0.2, 0.25) is 0 Å². The molecule has 0 saturated heterocycles. The van der Waals surface area contributed by atoms with Gasteiger partial charge in [-0.1, -0.05) is 0 Å². The summed E-state index contributed by atoms with van der Waals surface area (Å²) < 4.78 is 3.28. The fraction of sp³-hybridized carbons (Fsp3) is 0.316. The SMILES string of the molecule is Cn1c(=O)n(C)c2cc(Nc3nc(NC4CCC4)c4cc[nH]c4n3)ccc21. The third-order valence-electron chi connectivity index (χ3n) is 5.39. The molecule has 1 aromatic carbocycles. The minimum atomic E-state index is -0.0433. The second-order valence-electron chi connectivity index (χ2n) is 7.14. The molecule has 0 bridgehead atoms. The van der Waals surface area contributed by atoms with E-state index < -0.39 is 0 Å². The van der Waals surface area contributed by atoms with E-state index in [0.717, 1.165) is 33.6 Å². The van der Waals surface area contributed by atoms with Crippen molar-refractivity contribution in [2.45, 2.75) is 25.3 Å². The molecule has 0 radical (unpaired) electrons. The van der Waals surface area contributed by atoms with Gasteiger partial charge in [-0.2, -0.15) is 9.97 Å². The summed E-state index contributed by atoms with van der Waals surface area (Å²) in [6.45, 7) is 0. The Morgan fingerprint density at radius 1 is 1.11 bits per heavy atom. The minimum Gasteiger partial charge on any atom is -0.367 e. The highest BCUT2D eigenvalue weighted by atomic mass is 16.1. The summed E-state index contributed by atoms with van der Waals surface area (Å²) in [7, 11) is 3.55. The van der Waals surface area contributed by atoms with Crippen molar-refractivity contribution >= 4 is 39.5 Å². The highest BCUT2D eigenvalue weighted by Gasteiger charge is 2.19. The molecule has 1 fully saturated rings. The van der Waals surface area contributed by atoms with E-state index in [1.807, 2.05) is 30.5 Å². The maximum atomic E-state index is 12.1. The van der Waals surface area contributed by atoms with E-state index in [1.165, 1.54) is 19.3 Å². The Bertz CT molecular complexity index is 1210. The third kappa shape index (κ3) is 2.56. The van der Waals surface area contributed by atoms with Crippen LogP contribution >= 0.6 is 0 Å². The fourth-order valence-corrected chi connectivity index (χ4v) is 3.57. The van der Waals surface area contributed by atoms with E-state index in [1.54, 1.807) is 23.2 Å². The number of hydrogen-bond acceptors (Lipinski definition) is 5. The zero-order chi connectivity index (χ0) is 18.5. The number of hydrogen-bond donors (Lipinski definition) is 3. The molecule has 0 aliphatic heterocycles. The van der Waals surface area contributed by atoms with Crippen LogP contribution in [0.3, 0.4) is 0 Å². The van der Waals surface area contributed by atoms with E-state index >= 15 is 0 Å². The average Bonchev–Trinajstić information content (AvgIpc) is 3.18. The normalized spacial score (nSPS) is 14.6. The molecule has 1 saturated carbocycles. The minimum absolute atomic E-state index is 0.0433. The van der Waals surface area contributed by atoms with Gasteiger partial charge in [0.25, 0.3) is 0 Å². The van der Waals surface area contributed by atoms with Crippen LogP contribution in [0.4, 0.5) is 17.5 Å². The van der Waals surface area contributed by atoms with Gasteiger partial charge in [-0.3, -0.25) is 9.13 Å². The number of fused-ring (bicyclic) bond motifs is 2. The highest BCUT2D eigenvalue weighted by molar-refractivity contribution is 5.89. The Balaban J connectivity index is 1.53. The molecule has 1 aliphatic carbocycles. The van der Waals surface area contributed by atoms with Gasteiger partial charge in [0.2, 0.25) is 5.95 Å². The van der Waals surface area contributed by atoms with Crippen molar-refractivity contribution in [3.63, 3.8) is 0 Å². The average molecular weight is 363 g/mol. The largest absolute Gasteiger partial charge is 0.367 e. The molecule has 138 valence electrons. The molecule has 5 rings (SSSR count).